The van der Waals surface area contributed by atoms with Crippen LogP contribution in [-0.4, -0.2) is 46.4 Å². The molecule has 0 radical (unpaired) electrons. The number of halogens is 3. The van der Waals surface area contributed by atoms with E-state index in [0.29, 0.717) is 22.8 Å². The first kappa shape index (κ1) is 23.3. The highest BCUT2D eigenvalue weighted by Crippen LogP contribution is 2.43. The Morgan fingerprint density at radius 2 is 2.03 bits per heavy atom. The van der Waals surface area contributed by atoms with Crippen LogP contribution in [-0.2, 0) is 10.7 Å². The molecule has 0 spiro atoms. The first-order valence-electron chi connectivity index (χ1n) is 10.4. The molecular formula is C22H24F3N6OP. The smallest absolute Gasteiger partial charge is 0.360 e. The van der Waals surface area contributed by atoms with E-state index in [0.717, 1.165) is 12.6 Å². The van der Waals surface area contributed by atoms with Gasteiger partial charge in [0.15, 0.2) is 0 Å². The fourth-order valence-electron chi connectivity index (χ4n) is 4.34. The first-order chi connectivity index (χ1) is 15.3. The van der Waals surface area contributed by atoms with E-state index in [9.17, 15) is 23.0 Å². The minimum absolute atomic E-state index is 0.0246. The molecule has 7 nitrogen and oxygen atoms in total. The molecule has 1 fully saturated rings. The third-order valence-corrected chi connectivity index (χ3v) is 7.30. The number of H-pyrrole nitrogens is 1. The third kappa shape index (κ3) is 4.48. The van der Waals surface area contributed by atoms with Crippen molar-refractivity contribution in [3.8, 4) is 17.3 Å². The number of aromatic amines is 1. The van der Waals surface area contributed by atoms with Gasteiger partial charge in [0.2, 0.25) is 5.95 Å². The summed E-state index contributed by atoms with van der Waals surface area (Å²) >= 11 is 0. The van der Waals surface area contributed by atoms with Gasteiger partial charge in [-0.3, -0.25) is 0 Å². The number of benzene rings is 1. The van der Waals surface area contributed by atoms with Crippen LogP contribution in [0.25, 0.3) is 22.2 Å². The predicted octanol–water partition coefficient (Wildman–Crippen LogP) is 4.32. The zero-order chi connectivity index (χ0) is 24.2. The van der Waals surface area contributed by atoms with Gasteiger partial charge in [-0.15, -0.1) is 0 Å². The van der Waals surface area contributed by atoms with Crippen molar-refractivity contribution in [1.82, 2.24) is 20.3 Å². The standard InChI is InChI=1S/C22H24F3N6OP/c1-21(2)7-13(9-29-21)30-20-28-11-16(22(23,24)25)17(31-20)15-10-27-18-14(15)6-5-12(8-26)19(18)33(3,4)32/h5-6,10-11,13,27,29H,7,9H2,1-4H3,(H,28,30,31)/t13-/m0/s1. The van der Waals surface area contributed by atoms with Crippen LogP contribution >= 0.6 is 7.14 Å². The van der Waals surface area contributed by atoms with Gasteiger partial charge in [0, 0.05) is 41.5 Å². The van der Waals surface area contributed by atoms with Crippen LogP contribution in [0.1, 0.15) is 31.4 Å². The lowest BCUT2D eigenvalue weighted by molar-refractivity contribution is -0.137. The van der Waals surface area contributed by atoms with Crippen LogP contribution < -0.4 is 15.9 Å². The zero-order valence-electron chi connectivity index (χ0n) is 18.6. The number of hydrogen-bond acceptors (Lipinski definition) is 6. The van der Waals surface area contributed by atoms with Gasteiger partial charge in [0.25, 0.3) is 0 Å². The van der Waals surface area contributed by atoms with Crippen molar-refractivity contribution >= 4 is 29.3 Å². The van der Waals surface area contributed by atoms with Gasteiger partial charge in [0.1, 0.15) is 12.7 Å². The molecule has 1 aromatic carbocycles. The SMILES string of the molecule is CC1(C)C[C@H](Nc2ncc(C(F)(F)F)c(-c3c[nH]c4c(P(C)(C)=O)c(C#N)ccc34)n2)CN1. The van der Waals surface area contributed by atoms with E-state index in [1.165, 1.54) is 25.6 Å². The van der Waals surface area contributed by atoms with Crippen LogP contribution in [0, 0.1) is 11.3 Å². The summed E-state index contributed by atoms with van der Waals surface area (Å²) in [6.07, 6.45) is -1.71. The number of nitriles is 1. The monoisotopic (exact) mass is 476 g/mol. The average Bonchev–Trinajstić information content (AvgIpc) is 3.27. The van der Waals surface area contributed by atoms with Gasteiger partial charge in [-0.05, 0) is 39.7 Å². The number of anilines is 1. The van der Waals surface area contributed by atoms with E-state index in [1.807, 2.05) is 19.9 Å². The molecule has 0 saturated carbocycles. The second kappa shape index (κ2) is 7.86. The Balaban J connectivity index is 1.87. The van der Waals surface area contributed by atoms with Crippen LogP contribution in [0.3, 0.4) is 0 Å². The minimum atomic E-state index is -4.67. The summed E-state index contributed by atoms with van der Waals surface area (Å²) in [5.74, 6) is 0.0994. The first-order valence-corrected chi connectivity index (χ1v) is 13.0. The van der Waals surface area contributed by atoms with Crippen LogP contribution in [0.2, 0.25) is 0 Å². The number of nitrogens with zero attached hydrogens (tertiary/aromatic N) is 3. The third-order valence-electron chi connectivity index (χ3n) is 5.75. The summed E-state index contributed by atoms with van der Waals surface area (Å²) in [5, 5.41) is 16.7. The van der Waals surface area contributed by atoms with E-state index in [4.69, 9.17) is 0 Å². The van der Waals surface area contributed by atoms with Crippen LogP contribution in [0.5, 0.6) is 0 Å². The summed E-state index contributed by atoms with van der Waals surface area (Å²) in [6.45, 7) is 7.78. The molecule has 2 aromatic heterocycles. The molecule has 4 rings (SSSR count). The lowest BCUT2D eigenvalue weighted by Crippen LogP contribution is -2.31. The van der Waals surface area contributed by atoms with Crippen molar-refractivity contribution in [2.45, 2.75) is 38.0 Å². The maximum Gasteiger partial charge on any atom is 0.419 e. The highest BCUT2D eigenvalue weighted by Gasteiger charge is 2.37. The molecular weight excluding hydrogens is 452 g/mol. The predicted molar refractivity (Wildman–Crippen MR) is 122 cm³/mol. The Morgan fingerprint density at radius 1 is 1.30 bits per heavy atom. The molecule has 174 valence electrons. The van der Waals surface area contributed by atoms with Gasteiger partial charge in [-0.2, -0.15) is 18.4 Å². The molecule has 33 heavy (non-hydrogen) atoms. The Bertz CT molecular complexity index is 1320. The molecule has 0 amide bonds. The second-order valence-electron chi connectivity index (χ2n) is 9.31. The van der Waals surface area contributed by atoms with E-state index in [2.05, 4.69) is 25.6 Å². The molecule has 11 heteroatoms. The van der Waals surface area contributed by atoms with E-state index in [-0.39, 0.29) is 34.3 Å². The highest BCUT2D eigenvalue weighted by molar-refractivity contribution is 7.70. The molecule has 1 aliphatic heterocycles. The molecule has 0 bridgehead atoms. The van der Waals surface area contributed by atoms with Crippen molar-refractivity contribution in [1.29, 1.82) is 5.26 Å². The molecule has 3 aromatic rings. The highest BCUT2D eigenvalue weighted by atomic mass is 31.2. The Morgan fingerprint density at radius 3 is 2.61 bits per heavy atom. The number of fused-ring (bicyclic) bond motifs is 1. The molecule has 1 atom stereocenters. The second-order valence-corrected chi connectivity index (χ2v) is 12.5. The molecule has 1 aliphatic rings. The largest absolute Gasteiger partial charge is 0.419 e. The summed E-state index contributed by atoms with van der Waals surface area (Å²) in [5.41, 5.74) is -0.546. The number of aromatic nitrogens is 3. The Kier molecular flexibility index (Phi) is 5.54. The molecule has 0 unspecified atom stereocenters. The summed E-state index contributed by atoms with van der Waals surface area (Å²) in [7, 11) is -2.91. The van der Waals surface area contributed by atoms with E-state index in [1.54, 1.807) is 6.07 Å². The van der Waals surface area contributed by atoms with E-state index >= 15 is 0 Å². The summed E-state index contributed by atoms with van der Waals surface area (Å²) < 4.78 is 54.5. The van der Waals surface area contributed by atoms with Crippen LogP contribution in [0.4, 0.5) is 19.1 Å². The van der Waals surface area contributed by atoms with Crippen LogP contribution in [0.15, 0.2) is 24.5 Å². The van der Waals surface area contributed by atoms with Gasteiger partial charge in [0.05, 0.1) is 28.1 Å². The summed E-state index contributed by atoms with van der Waals surface area (Å²) in [6, 6.07) is 5.03. The van der Waals surface area contributed by atoms with Gasteiger partial charge in [-0.25, -0.2) is 9.97 Å². The minimum Gasteiger partial charge on any atom is -0.360 e. The van der Waals surface area contributed by atoms with Crippen molar-refractivity contribution in [3.63, 3.8) is 0 Å². The van der Waals surface area contributed by atoms with Gasteiger partial charge in [-0.1, -0.05) is 6.07 Å². The molecule has 0 aliphatic carbocycles. The van der Waals surface area contributed by atoms with Gasteiger partial charge >= 0.3 is 6.18 Å². The normalized spacial score (nSPS) is 18.4. The molecule has 1 saturated heterocycles. The topological polar surface area (TPSA) is 106 Å². The molecule has 3 heterocycles. The number of rotatable bonds is 4. The fraction of sp³-hybridized carbons (Fsp3) is 0.409. The lowest BCUT2D eigenvalue weighted by Gasteiger charge is -2.18. The Labute approximate surface area is 189 Å². The van der Waals surface area contributed by atoms with Crippen molar-refractivity contribution in [2.24, 2.45) is 0 Å². The maximum absolute atomic E-state index is 13.9. The number of hydrogen-bond donors (Lipinski definition) is 3. The molecule has 3 N–H and O–H groups in total. The maximum atomic E-state index is 13.9. The summed E-state index contributed by atoms with van der Waals surface area (Å²) in [4.78, 5) is 11.1. The van der Waals surface area contributed by atoms with Crippen molar-refractivity contribution in [3.05, 3.63) is 35.7 Å². The average molecular weight is 476 g/mol. The van der Waals surface area contributed by atoms with Crippen molar-refractivity contribution < 1.29 is 17.7 Å². The van der Waals surface area contributed by atoms with E-state index < -0.39 is 18.9 Å². The van der Waals surface area contributed by atoms with Gasteiger partial charge < -0.3 is 20.2 Å². The van der Waals surface area contributed by atoms with Crippen molar-refractivity contribution in [2.75, 3.05) is 25.2 Å². The lowest BCUT2D eigenvalue weighted by atomic mass is 10.0. The Hall–Kier alpha value is -2.89. The number of alkyl halides is 3. The quantitative estimate of drug-likeness (QED) is 0.485. The number of nitrogens with one attached hydrogen (secondary N) is 3. The fourth-order valence-corrected chi connectivity index (χ4v) is 5.77. The zero-order valence-corrected chi connectivity index (χ0v) is 19.5.